The molecular formula is C15H16FN3OS. The lowest BCUT2D eigenvalue weighted by Crippen LogP contribution is -2.30. The summed E-state index contributed by atoms with van der Waals surface area (Å²) in [6.45, 7) is 2.49. The molecule has 3 rings (SSSR count). The minimum absolute atomic E-state index is 0.0577. The average Bonchev–Trinajstić information content (AvgIpc) is 2.96. The van der Waals surface area contributed by atoms with Gasteiger partial charge in [-0.1, -0.05) is 11.2 Å². The van der Waals surface area contributed by atoms with Crippen LogP contribution in [0.4, 0.5) is 4.39 Å². The van der Waals surface area contributed by atoms with E-state index in [-0.39, 0.29) is 11.7 Å². The van der Waals surface area contributed by atoms with Gasteiger partial charge in [-0.05, 0) is 41.1 Å². The van der Waals surface area contributed by atoms with Gasteiger partial charge in [-0.2, -0.15) is 0 Å². The molecule has 4 nitrogen and oxygen atoms in total. The molecule has 3 N–H and O–H groups in total. The van der Waals surface area contributed by atoms with Gasteiger partial charge in [-0.15, -0.1) is 11.3 Å². The first kappa shape index (κ1) is 14.0. The number of hydrogen-bond acceptors (Lipinski definition) is 4. The van der Waals surface area contributed by atoms with Crippen LogP contribution in [-0.4, -0.2) is 22.5 Å². The lowest BCUT2D eigenvalue weighted by atomic mass is 10.0. The molecule has 21 heavy (non-hydrogen) atoms. The number of nitrogens with zero attached hydrogens (tertiary/aromatic N) is 2. The number of nitrogens with two attached hydrogens (primary N) is 1. The van der Waals surface area contributed by atoms with E-state index < -0.39 is 0 Å². The van der Waals surface area contributed by atoms with E-state index in [1.165, 1.54) is 22.6 Å². The Labute approximate surface area is 126 Å². The van der Waals surface area contributed by atoms with Gasteiger partial charge in [0.2, 0.25) is 0 Å². The number of fused-ring (bicyclic) bond motifs is 1. The van der Waals surface area contributed by atoms with Gasteiger partial charge >= 0.3 is 0 Å². The zero-order chi connectivity index (χ0) is 14.8. The summed E-state index contributed by atoms with van der Waals surface area (Å²) >= 11 is 1.80. The summed E-state index contributed by atoms with van der Waals surface area (Å²) in [6, 6.07) is 6.57. The van der Waals surface area contributed by atoms with E-state index in [0.29, 0.717) is 12.1 Å². The quantitative estimate of drug-likeness (QED) is 0.396. The fourth-order valence-corrected chi connectivity index (χ4v) is 3.55. The highest BCUT2D eigenvalue weighted by Gasteiger charge is 2.19. The number of oxime groups is 1. The van der Waals surface area contributed by atoms with Crippen LogP contribution in [0.25, 0.3) is 0 Å². The lowest BCUT2D eigenvalue weighted by Gasteiger charge is -2.27. The Balaban J connectivity index is 1.83. The largest absolute Gasteiger partial charge is 0.409 e. The second kappa shape index (κ2) is 5.83. The standard InChI is InChI=1S/C15H16FN3OS/c16-12-2-1-10(13(7-12)15(17)18-20)8-19-5-3-14-11(9-19)4-6-21-14/h1-2,4,6-7,20H,3,5,8-9H2,(H2,17,18). The maximum absolute atomic E-state index is 13.4. The fraction of sp³-hybridized carbons (Fsp3) is 0.267. The highest BCUT2D eigenvalue weighted by molar-refractivity contribution is 7.10. The minimum Gasteiger partial charge on any atom is -0.409 e. The Morgan fingerprint density at radius 1 is 1.43 bits per heavy atom. The Bertz CT molecular complexity index is 683. The van der Waals surface area contributed by atoms with Crippen molar-refractivity contribution >= 4 is 17.2 Å². The van der Waals surface area contributed by atoms with Crippen LogP contribution in [0.15, 0.2) is 34.8 Å². The molecule has 0 atom stereocenters. The summed E-state index contributed by atoms with van der Waals surface area (Å²) in [5.41, 5.74) is 8.32. The predicted molar refractivity (Wildman–Crippen MR) is 81.0 cm³/mol. The Morgan fingerprint density at radius 2 is 2.29 bits per heavy atom. The number of hydrogen-bond donors (Lipinski definition) is 2. The molecule has 0 amide bonds. The Hall–Kier alpha value is -1.92. The third-order valence-electron chi connectivity index (χ3n) is 3.74. The topological polar surface area (TPSA) is 61.9 Å². The second-order valence-corrected chi connectivity index (χ2v) is 6.12. The van der Waals surface area contributed by atoms with Crippen LogP contribution in [-0.2, 0) is 19.5 Å². The van der Waals surface area contributed by atoms with Crippen LogP contribution in [0, 0.1) is 5.82 Å². The summed E-state index contributed by atoms with van der Waals surface area (Å²) in [5.74, 6) is -0.447. The molecule has 2 aromatic rings. The van der Waals surface area contributed by atoms with Crippen LogP contribution >= 0.6 is 11.3 Å². The molecule has 110 valence electrons. The highest BCUT2D eigenvalue weighted by Crippen LogP contribution is 2.25. The first-order valence-electron chi connectivity index (χ1n) is 6.71. The normalized spacial score (nSPS) is 16.0. The van der Waals surface area contributed by atoms with Crippen LogP contribution in [0.2, 0.25) is 0 Å². The summed E-state index contributed by atoms with van der Waals surface area (Å²) in [7, 11) is 0. The molecule has 0 aliphatic carbocycles. The Morgan fingerprint density at radius 3 is 3.10 bits per heavy atom. The third kappa shape index (κ3) is 2.91. The number of halogens is 1. The van der Waals surface area contributed by atoms with E-state index in [0.717, 1.165) is 25.1 Å². The van der Waals surface area contributed by atoms with Gasteiger partial charge in [-0.25, -0.2) is 4.39 Å². The zero-order valence-corrected chi connectivity index (χ0v) is 12.2. The first-order chi connectivity index (χ1) is 10.2. The summed E-state index contributed by atoms with van der Waals surface area (Å²) in [5, 5.41) is 14.0. The van der Waals surface area contributed by atoms with Crippen molar-refractivity contribution in [3.63, 3.8) is 0 Å². The second-order valence-electron chi connectivity index (χ2n) is 5.12. The molecule has 0 radical (unpaired) electrons. The van der Waals surface area contributed by atoms with Crippen molar-refractivity contribution in [2.24, 2.45) is 10.9 Å². The van der Waals surface area contributed by atoms with Crippen molar-refractivity contribution in [2.45, 2.75) is 19.5 Å². The van der Waals surface area contributed by atoms with Gasteiger partial charge < -0.3 is 10.9 Å². The number of thiophene rings is 1. The van der Waals surface area contributed by atoms with Gasteiger partial charge in [0, 0.05) is 30.1 Å². The number of rotatable bonds is 3. The molecule has 1 aromatic carbocycles. The number of benzene rings is 1. The smallest absolute Gasteiger partial charge is 0.170 e. The third-order valence-corrected chi connectivity index (χ3v) is 4.76. The van der Waals surface area contributed by atoms with Gasteiger partial charge in [-0.3, -0.25) is 4.90 Å². The van der Waals surface area contributed by atoms with E-state index in [9.17, 15) is 4.39 Å². The SMILES string of the molecule is NC(=NO)c1cc(F)ccc1CN1CCc2sccc2C1. The van der Waals surface area contributed by atoms with E-state index >= 15 is 0 Å². The van der Waals surface area contributed by atoms with Crippen molar-refractivity contribution in [1.82, 2.24) is 4.90 Å². The Kier molecular flexibility index (Phi) is 3.90. The average molecular weight is 305 g/mol. The van der Waals surface area contributed by atoms with Crippen molar-refractivity contribution in [3.8, 4) is 0 Å². The highest BCUT2D eigenvalue weighted by atomic mass is 32.1. The molecule has 6 heteroatoms. The van der Waals surface area contributed by atoms with E-state index in [4.69, 9.17) is 10.9 Å². The van der Waals surface area contributed by atoms with E-state index in [1.54, 1.807) is 17.4 Å². The van der Waals surface area contributed by atoms with Crippen molar-refractivity contribution in [3.05, 3.63) is 57.0 Å². The summed E-state index contributed by atoms with van der Waals surface area (Å²) < 4.78 is 13.4. The van der Waals surface area contributed by atoms with Crippen molar-refractivity contribution in [1.29, 1.82) is 0 Å². The molecule has 0 spiro atoms. The van der Waals surface area contributed by atoms with Gasteiger partial charge in [0.1, 0.15) is 5.82 Å². The van der Waals surface area contributed by atoms with Crippen molar-refractivity contribution < 1.29 is 9.60 Å². The molecule has 0 fully saturated rings. The number of amidine groups is 1. The fourth-order valence-electron chi connectivity index (χ4n) is 2.66. The van der Waals surface area contributed by atoms with Crippen LogP contribution < -0.4 is 5.73 Å². The van der Waals surface area contributed by atoms with Crippen molar-refractivity contribution in [2.75, 3.05) is 6.54 Å². The van der Waals surface area contributed by atoms with E-state index in [2.05, 4.69) is 21.5 Å². The molecule has 1 aliphatic rings. The zero-order valence-electron chi connectivity index (χ0n) is 11.4. The molecule has 0 unspecified atom stereocenters. The maximum Gasteiger partial charge on any atom is 0.170 e. The molecule has 0 saturated carbocycles. The molecule has 2 heterocycles. The van der Waals surface area contributed by atoms with Gasteiger partial charge in [0.15, 0.2) is 5.84 Å². The summed E-state index contributed by atoms with van der Waals surface area (Å²) in [6.07, 6.45) is 1.03. The lowest BCUT2D eigenvalue weighted by molar-refractivity contribution is 0.247. The molecule has 0 saturated heterocycles. The summed E-state index contributed by atoms with van der Waals surface area (Å²) in [4.78, 5) is 3.73. The monoisotopic (exact) mass is 305 g/mol. The molecular weight excluding hydrogens is 289 g/mol. The minimum atomic E-state index is -0.390. The first-order valence-corrected chi connectivity index (χ1v) is 7.59. The molecule has 1 aliphatic heterocycles. The molecule has 0 bridgehead atoms. The maximum atomic E-state index is 13.4. The van der Waals surface area contributed by atoms with Crippen LogP contribution in [0.3, 0.4) is 0 Å². The van der Waals surface area contributed by atoms with Crippen LogP contribution in [0.5, 0.6) is 0 Å². The van der Waals surface area contributed by atoms with Gasteiger partial charge in [0.25, 0.3) is 0 Å². The van der Waals surface area contributed by atoms with Crippen LogP contribution in [0.1, 0.15) is 21.6 Å². The van der Waals surface area contributed by atoms with E-state index in [1.807, 2.05) is 0 Å². The molecule has 1 aromatic heterocycles. The predicted octanol–water partition coefficient (Wildman–Crippen LogP) is 2.54. The van der Waals surface area contributed by atoms with Gasteiger partial charge in [0.05, 0.1) is 0 Å².